The van der Waals surface area contributed by atoms with Gasteiger partial charge in [0, 0.05) is 17.7 Å². The lowest BCUT2D eigenvalue weighted by Gasteiger charge is -2.34. The van der Waals surface area contributed by atoms with Crippen LogP contribution in [0.2, 0.25) is 0 Å². The molecule has 8 heteroatoms. The minimum Gasteiger partial charge on any atom is -0.465 e. The fraction of sp³-hybridized carbons (Fsp3) is 0.227. The molecule has 2 heterocycles. The van der Waals surface area contributed by atoms with Crippen molar-refractivity contribution in [1.29, 1.82) is 0 Å². The number of allylic oxidation sites excluding steroid dienone is 2. The number of hydrogen-bond donors (Lipinski definition) is 1. The zero-order valence-corrected chi connectivity index (χ0v) is 16.3. The number of anilines is 1. The number of rotatable bonds is 3. The fourth-order valence-electron chi connectivity index (χ4n) is 4.26. The molecule has 2 aliphatic rings. The van der Waals surface area contributed by atoms with E-state index in [9.17, 15) is 9.59 Å². The van der Waals surface area contributed by atoms with Gasteiger partial charge < -0.3 is 10.1 Å². The Labute approximate surface area is 172 Å². The number of nitrogens with zero attached hydrogens (tertiary/aromatic N) is 4. The number of benzene rings is 2. The predicted octanol–water partition coefficient (Wildman–Crippen LogP) is 2.88. The molecule has 1 aliphatic heterocycles. The molecule has 150 valence electrons. The highest BCUT2D eigenvalue weighted by atomic mass is 16.5. The van der Waals surface area contributed by atoms with Gasteiger partial charge >= 0.3 is 5.97 Å². The van der Waals surface area contributed by atoms with E-state index in [4.69, 9.17) is 4.74 Å². The van der Waals surface area contributed by atoms with Crippen LogP contribution in [0.25, 0.3) is 0 Å². The fourth-order valence-corrected chi connectivity index (χ4v) is 4.26. The predicted molar refractivity (Wildman–Crippen MR) is 108 cm³/mol. The monoisotopic (exact) mass is 401 g/mol. The van der Waals surface area contributed by atoms with Crippen molar-refractivity contribution in [2.24, 2.45) is 0 Å². The van der Waals surface area contributed by atoms with Crippen LogP contribution in [0.1, 0.15) is 46.3 Å². The number of fused-ring (bicyclic) bond motifs is 1. The average Bonchev–Trinajstić information content (AvgIpc) is 3.26. The van der Waals surface area contributed by atoms with E-state index < -0.39 is 12.0 Å². The van der Waals surface area contributed by atoms with Gasteiger partial charge in [0.15, 0.2) is 5.78 Å². The van der Waals surface area contributed by atoms with Crippen LogP contribution < -0.4 is 5.32 Å². The van der Waals surface area contributed by atoms with E-state index >= 15 is 0 Å². The SMILES string of the molecule is COC(=O)c1ccc([C@@H]2C3=C(C[C@@H](c4ccccc4)CC3=O)Nc3nnnn32)cc1. The molecular formula is C22H19N5O3. The molecule has 2 atom stereocenters. The Hall–Kier alpha value is -3.81. The van der Waals surface area contributed by atoms with Gasteiger partial charge in [0.1, 0.15) is 6.04 Å². The number of ether oxygens (including phenoxy) is 1. The molecule has 0 fully saturated rings. The minimum atomic E-state index is -0.442. The Kier molecular flexibility index (Phi) is 4.39. The maximum atomic E-state index is 13.3. The maximum Gasteiger partial charge on any atom is 0.337 e. The molecule has 0 saturated carbocycles. The molecule has 0 amide bonds. The van der Waals surface area contributed by atoms with Gasteiger partial charge in [-0.2, -0.15) is 4.68 Å². The second kappa shape index (κ2) is 7.22. The van der Waals surface area contributed by atoms with Crippen LogP contribution in [-0.2, 0) is 9.53 Å². The standard InChI is InChI=1S/C22H19N5O3/c1-30-21(29)15-9-7-14(8-10-15)20-19-17(23-22-24-25-26-27(20)22)11-16(12-18(19)28)13-5-3-2-4-6-13/h2-10,16,20H,11-12H2,1H3,(H,23,24,26)/t16-,20-/m1/s1. The Balaban J connectivity index is 1.56. The maximum absolute atomic E-state index is 13.3. The summed E-state index contributed by atoms with van der Waals surface area (Å²) < 4.78 is 6.39. The minimum absolute atomic E-state index is 0.0702. The Morgan fingerprint density at radius 3 is 2.57 bits per heavy atom. The first-order chi connectivity index (χ1) is 14.7. The highest BCUT2D eigenvalue weighted by molar-refractivity contribution is 6.00. The molecule has 1 aromatic heterocycles. The van der Waals surface area contributed by atoms with Crippen molar-refractivity contribution in [3.63, 3.8) is 0 Å². The van der Waals surface area contributed by atoms with Crippen molar-refractivity contribution in [3.05, 3.63) is 82.6 Å². The third-order valence-electron chi connectivity index (χ3n) is 5.70. The van der Waals surface area contributed by atoms with Crippen molar-refractivity contribution in [1.82, 2.24) is 20.2 Å². The van der Waals surface area contributed by atoms with Crippen LogP contribution in [0.15, 0.2) is 65.9 Å². The molecule has 8 nitrogen and oxygen atoms in total. The lowest BCUT2D eigenvalue weighted by molar-refractivity contribution is -0.116. The quantitative estimate of drug-likeness (QED) is 0.674. The number of nitrogens with one attached hydrogen (secondary N) is 1. The lowest BCUT2D eigenvalue weighted by Crippen LogP contribution is -2.33. The summed E-state index contributed by atoms with van der Waals surface area (Å²) in [6.45, 7) is 0. The van der Waals surface area contributed by atoms with E-state index in [-0.39, 0.29) is 11.7 Å². The molecule has 0 unspecified atom stereocenters. The molecular weight excluding hydrogens is 382 g/mol. The highest BCUT2D eigenvalue weighted by Gasteiger charge is 2.39. The average molecular weight is 401 g/mol. The molecule has 5 rings (SSSR count). The summed E-state index contributed by atoms with van der Waals surface area (Å²) in [6, 6.07) is 16.6. The van der Waals surface area contributed by atoms with Gasteiger partial charge in [0.2, 0.25) is 5.95 Å². The molecule has 0 spiro atoms. The molecule has 0 saturated heterocycles. The first kappa shape index (κ1) is 18.2. The van der Waals surface area contributed by atoms with Crippen molar-refractivity contribution in [3.8, 4) is 0 Å². The molecule has 2 aromatic carbocycles. The summed E-state index contributed by atoms with van der Waals surface area (Å²) in [5, 5.41) is 15.2. The number of carbonyl (C=O) groups is 2. The van der Waals surface area contributed by atoms with Gasteiger partial charge in [-0.05, 0) is 46.0 Å². The normalized spacial score (nSPS) is 20.2. The van der Waals surface area contributed by atoms with E-state index in [0.29, 0.717) is 29.9 Å². The van der Waals surface area contributed by atoms with Crippen LogP contribution in [-0.4, -0.2) is 39.1 Å². The Morgan fingerprint density at radius 1 is 1.07 bits per heavy atom. The number of methoxy groups -OCH3 is 1. The summed E-state index contributed by atoms with van der Waals surface area (Å²) >= 11 is 0. The van der Waals surface area contributed by atoms with E-state index in [1.54, 1.807) is 16.8 Å². The van der Waals surface area contributed by atoms with Gasteiger partial charge in [0.05, 0.1) is 12.7 Å². The van der Waals surface area contributed by atoms with Crippen LogP contribution in [0.3, 0.4) is 0 Å². The van der Waals surface area contributed by atoms with E-state index in [0.717, 1.165) is 16.8 Å². The van der Waals surface area contributed by atoms with Crippen LogP contribution >= 0.6 is 0 Å². The topological polar surface area (TPSA) is 99.0 Å². The molecule has 1 N–H and O–H groups in total. The molecule has 3 aromatic rings. The van der Waals surface area contributed by atoms with Gasteiger partial charge in [-0.3, -0.25) is 4.79 Å². The highest BCUT2D eigenvalue weighted by Crippen LogP contribution is 2.43. The number of esters is 1. The summed E-state index contributed by atoms with van der Waals surface area (Å²) in [7, 11) is 1.34. The summed E-state index contributed by atoms with van der Waals surface area (Å²) in [5.41, 5.74) is 3.94. The molecule has 1 aliphatic carbocycles. The van der Waals surface area contributed by atoms with E-state index in [2.05, 4.69) is 33.0 Å². The summed E-state index contributed by atoms with van der Waals surface area (Å²) in [4.78, 5) is 25.1. The number of carbonyl (C=O) groups excluding carboxylic acids is 2. The van der Waals surface area contributed by atoms with Crippen molar-refractivity contribution < 1.29 is 14.3 Å². The summed E-state index contributed by atoms with van der Waals surface area (Å²) in [5.74, 6) is 0.266. The van der Waals surface area contributed by atoms with Crippen molar-refractivity contribution >= 4 is 17.7 Å². The van der Waals surface area contributed by atoms with Gasteiger partial charge in [-0.15, -0.1) is 0 Å². The van der Waals surface area contributed by atoms with E-state index in [1.807, 2.05) is 30.3 Å². The van der Waals surface area contributed by atoms with Crippen molar-refractivity contribution in [2.45, 2.75) is 24.8 Å². The van der Waals surface area contributed by atoms with Crippen LogP contribution in [0.4, 0.5) is 5.95 Å². The third-order valence-corrected chi connectivity index (χ3v) is 5.70. The van der Waals surface area contributed by atoms with Gasteiger partial charge in [-0.1, -0.05) is 47.6 Å². The Bertz CT molecular complexity index is 1150. The zero-order chi connectivity index (χ0) is 20.7. The van der Waals surface area contributed by atoms with Crippen molar-refractivity contribution in [2.75, 3.05) is 12.4 Å². The first-order valence-electron chi connectivity index (χ1n) is 9.70. The zero-order valence-electron chi connectivity index (χ0n) is 16.3. The van der Waals surface area contributed by atoms with E-state index in [1.165, 1.54) is 7.11 Å². The third kappa shape index (κ3) is 2.97. The number of ketones is 1. The summed E-state index contributed by atoms with van der Waals surface area (Å²) in [6.07, 6.45) is 1.13. The van der Waals surface area contributed by atoms with Gasteiger partial charge in [-0.25, -0.2) is 4.79 Å². The second-order valence-electron chi connectivity index (χ2n) is 7.42. The first-order valence-corrected chi connectivity index (χ1v) is 9.70. The number of hydrogen-bond acceptors (Lipinski definition) is 7. The Morgan fingerprint density at radius 2 is 1.83 bits per heavy atom. The molecule has 0 radical (unpaired) electrons. The number of aromatic nitrogens is 4. The smallest absolute Gasteiger partial charge is 0.337 e. The lowest BCUT2D eigenvalue weighted by atomic mass is 9.78. The van der Waals surface area contributed by atoms with Crippen LogP contribution in [0, 0.1) is 0 Å². The van der Waals surface area contributed by atoms with Gasteiger partial charge in [0.25, 0.3) is 0 Å². The molecule has 30 heavy (non-hydrogen) atoms. The second-order valence-corrected chi connectivity index (χ2v) is 7.42. The molecule has 0 bridgehead atoms. The largest absolute Gasteiger partial charge is 0.465 e. The van der Waals surface area contributed by atoms with Crippen LogP contribution in [0.5, 0.6) is 0 Å². The number of Topliss-reactive ketones (excluding diaryl/α,β-unsaturated/α-hetero) is 1. The number of tetrazole rings is 1.